The molecule has 0 fully saturated rings. The van der Waals surface area contributed by atoms with E-state index in [1.807, 2.05) is 13.8 Å². The molecule has 1 N–H and O–H groups in total. The zero-order valence-corrected chi connectivity index (χ0v) is 10.9. The fourth-order valence-electron chi connectivity index (χ4n) is 1.59. The molecule has 17 heavy (non-hydrogen) atoms. The lowest BCUT2D eigenvalue weighted by Crippen LogP contribution is -2.08. The number of rotatable bonds is 2. The predicted octanol–water partition coefficient (Wildman–Crippen LogP) is 2.34. The molecule has 6 heteroatoms. The number of aryl methyl sites for hydroxylation is 1. The Morgan fingerprint density at radius 2 is 2.18 bits per heavy atom. The third-order valence-electron chi connectivity index (χ3n) is 2.46. The van der Waals surface area contributed by atoms with E-state index in [0.717, 1.165) is 15.9 Å². The van der Waals surface area contributed by atoms with Gasteiger partial charge in [-0.15, -0.1) is 0 Å². The Kier molecular flexibility index (Phi) is 2.97. The van der Waals surface area contributed by atoms with E-state index in [1.165, 1.54) is 6.20 Å². The predicted molar refractivity (Wildman–Crippen MR) is 65.5 cm³/mol. The molecule has 0 radical (unpaired) electrons. The van der Waals surface area contributed by atoms with E-state index in [-0.39, 0.29) is 5.56 Å². The van der Waals surface area contributed by atoms with E-state index >= 15 is 0 Å². The molecule has 0 bridgehead atoms. The molecule has 0 saturated heterocycles. The minimum atomic E-state index is -1.02. The summed E-state index contributed by atoms with van der Waals surface area (Å²) in [5.41, 5.74) is 2.32. The van der Waals surface area contributed by atoms with E-state index < -0.39 is 5.97 Å². The van der Waals surface area contributed by atoms with Gasteiger partial charge in [0.1, 0.15) is 5.56 Å². The number of carbonyl (C=O) groups is 1. The summed E-state index contributed by atoms with van der Waals surface area (Å²) in [6, 6.07) is 1.63. The number of hydrogen-bond donors (Lipinski definition) is 1. The van der Waals surface area contributed by atoms with Crippen LogP contribution in [0.5, 0.6) is 0 Å². The summed E-state index contributed by atoms with van der Waals surface area (Å²) in [7, 11) is 0. The Hall–Kier alpha value is -1.69. The summed E-state index contributed by atoms with van der Waals surface area (Å²) in [4.78, 5) is 14.9. The molecule has 2 aromatic rings. The maximum atomic E-state index is 11.1. The van der Waals surface area contributed by atoms with Crippen molar-refractivity contribution in [2.24, 2.45) is 0 Å². The smallest absolute Gasteiger partial charge is 0.339 e. The first-order chi connectivity index (χ1) is 8.02. The van der Waals surface area contributed by atoms with Gasteiger partial charge in [0.05, 0.1) is 21.5 Å². The van der Waals surface area contributed by atoms with Crippen LogP contribution in [0.3, 0.4) is 0 Å². The molecule has 0 aliphatic carbocycles. The second kappa shape index (κ2) is 4.29. The number of nitrogens with zero attached hydrogens (tertiary/aromatic N) is 3. The lowest BCUT2D eigenvalue weighted by Gasteiger charge is -2.07. The molecule has 0 spiro atoms. The molecule has 0 unspecified atom stereocenters. The zero-order chi connectivity index (χ0) is 12.6. The van der Waals surface area contributed by atoms with Crippen molar-refractivity contribution in [3.8, 4) is 5.69 Å². The number of carboxylic acid groups (broad SMARTS) is 1. The second-order valence-corrected chi connectivity index (χ2v) is 4.39. The molecule has 2 aromatic heterocycles. The number of hydrogen-bond acceptors (Lipinski definition) is 3. The highest BCUT2D eigenvalue weighted by molar-refractivity contribution is 9.10. The average Bonchev–Trinajstić information content (AvgIpc) is 2.57. The minimum Gasteiger partial charge on any atom is -0.478 e. The lowest BCUT2D eigenvalue weighted by atomic mass is 10.2. The normalized spacial score (nSPS) is 10.5. The minimum absolute atomic E-state index is 0.130. The number of aromatic carboxylic acids is 1. The number of carboxylic acids is 1. The monoisotopic (exact) mass is 295 g/mol. The third-order valence-corrected chi connectivity index (χ3v) is 3.61. The summed E-state index contributed by atoms with van der Waals surface area (Å²) in [6.07, 6.45) is 2.87. The van der Waals surface area contributed by atoms with Crippen LogP contribution in [0.4, 0.5) is 0 Å². The van der Waals surface area contributed by atoms with E-state index in [4.69, 9.17) is 5.11 Å². The molecule has 0 amide bonds. The van der Waals surface area contributed by atoms with E-state index in [2.05, 4.69) is 26.0 Å². The van der Waals surface area contributed by atoms with Gasteiger partial charge in [-0.2, -0.15) is 5.10 Å². The van der Waals surface area contributed by atoms with Crippen LogP contribution in [0.25, 0.3) is 5.69 Å². The largest absolute Gasteiger partial charge is 0.478 e. The summed E-state index contributed by atoms with van der Waals surface area (Å²) in [6.45, 7) is 3.73. The Labute approximate surface area is 106 Å². The topological polar surface area (TPSA) is 68.0 Å². The summed E-state index contributed by atoms with van der Waals surface area (Å²) in [5, 5.41) is 13.4. The second-order valence-electron chi connectivity index (χ2n) is 3.59. The quantitative estimate of drug-likeness (QED) is 0.923. The molecule has 0 saturated carbocycles. The van der Waals surface area contributed by atoms with Gasteiger partial charge in [-0.3, -0.25) is 4.98 Å². The first-order valence-electron chi connectivity index (χ1n) is 4.91. The van der Waals surface area contributed by atoms with Crippen LogP contribution in [0, 0.1) is 13.8 Å². The Bertz CT molecular complexity index is 592. The van der Waals surface area contributed by atoms with Gasteiger partial charge < -0.3 is 5.11 Å². The highest BCUT2D eigenvalue weighted by atomic mass is 79.9. The lowest BCUT2D eigenvalue weighted by molar-refractivity contribution is 0.0696. The number of pyridine rings is 1. The molecule has 0 aliphatic rings. The van der Waals surface area contributed by atoms with Gasteiger partial charge in [-0.25, -0.2) is 9.48 Å². The highest BCUT2D eigenvalue weighted by Gasteiger charge is 2.16. The van der Waals surface area contributed by atoms with Gasteiger partial charge in [0.25, 0.3) is 0 Å². The van der Waals surface area contributed by atoms with E-state index in [0.29, 0.717) is 5.69 Å². The van der Waals surface area contributed by atoms with Crippen LogP contribution >= 0.6 is 15.9 Å². The average molecular weight is 296 g/mol. The van der Waals surface area contributed by atoms with Gasteiger partial charge >= 0.3 is 5.97 Å². The van der Waals surface area contributed by atoms with Gasteiger partial charge in [0, 0.05) is 12.4 Å². The molecule has 2 heterocycles. The standard InChI is InChI=1S/C11H10BrN3O2/c1-6-10(12)7(2)15(14-6)9-3-4-13-5-8(9)11(16)17/h3-5H,1-2H3,(H,16,17). The van der Waals surface area contributed by atoms with Crippen molar-refractivity contribution < 1.29 is 9.90 Å². The molecule has 5 nitrogen and oxygen atoms in total. The van der Waals surface area contributed by atoms with Crippen molar-refractivity contribution in [2.45, 2.75) is 13.8 Å². The highest BCUT2D eigenvalue weighted by Crippen LogP contribution is 2.24. The zero-order valence-electron chi connectivity index (χ0n) is 9.31. The van der Waals surface area contributed by atoms with Gasteiger partial charge in [0.2, 0.25) is 0 Å². The fourth-order valence-corrected chi connectivity index (χ4v) is 1.84. The van der Waals surface area contributed by atoms with Crippen molar-refractivity contribution in [1.29, 1.82) is 0 Å². The van der Waals surface area contributed by atoms with Crippen LogP contribution in [0.15, 0.2) is 22.9 Å². The Morgan fingerprint density at radius 3 is 2.71 bits per heavy atom. The van der Waals surface area contributed by atoms with Crippen molar-refractivity contribution in [3.63, 3.8) is 0 Å². The van der Waals surface area contributed by atoms with E-state index in [9.17, 15) is 4.79 Å². The van der Waals surface area contributed by atoms with Gasteiger partial charge in [0.15, 0.2) is 0 Å². The molecule has 0 aromatic carbocycles. The molecular weight excluding hydrogens is 286 g/mol. The number of halogens is 1. The first kappa shape index (κ1) is 11.8. The van der Waals surface area contributed by atoms with Crippen LogP contribution in [0.1, 0.15) is 21.7 Å². The van der Waals surface area contributed by atoms with Gasteiger partial charge in [-0.1, -0.05) is 0 Å². The maximum absolute atomic E-state index is 11.1. The summed E-state index contributed by atoms with van der Waals surface area (Å²) < 4.78 is 2.48. The van der Waals surface area contributed by atoms with Crippen LogP contribution in [-0.2, 0) is 0 Å². The van der Waals surface area contributed by atoms with Crippen LogP contribution in [-0.4, -0.2) is 25.8 Å². The Morgan fingerprint density at radius 1 is 1.47 bits per heavy atom. The molecule has 2 rings (SSSR count). The van der Waals surface area contributed by atoms with Gasteiger partial charge in [-0.05, 0) is 35.8 Å². The Balaban J connectivity index is 2.68. The van der Waals surface area contributed by atoms with Crippen molar-refractivity contribution in [1.82, 2.24) is 14.8 Å². The van der Waals surface area contributed by atoms with Crippen LogP contribution < -0.4 is 0 Å². The molecular formula is C11H10BrN3O2. The molecule has 0 aliphatic heterocycles. The molecule has 88 valence electrons. The summed E-state index contributed by atoms with van der Waals surface area (Å²) >= 11 is 3.41. The van der Waals surface area contributed by atoms with E-state index in [1.54, 1.807) is 16.9 Å². The van der Waals surface area contributed by atoms with Crippen molar-refractivity contribution in [3.05, 3.63) is 39.9 Å². The molecule has 0 atom stereocenters. The van der Waals surface area contributed by atoms with Crippen molar-refractivity contribution >= 4 is 21.9 Å². The maximum Gasteiger partial charge on any atom is 0.339 e. The SMILES string of the molecule is Cc1nn(-c2ccncc2C(=O)O)c(C)c1Br. The fraction of sp³-hybridized carbons (Fsp3) is 0.182. The van der Waals surface area contributed by atoms with Crippen LogP contribution in [0.2, 0.25) is 0 Å². The number of aromatic nitrogens is 3. The third kappa shape index (κ3) is 1.95. The van der Waals surface area contributed by atoms with Crippen molar-refractivity contribution in [2.75, 3.05) is 0 Å². The summed E-state index contributed by atoms with van der Waals surface area (Å²) in [5.74, 6) is -1.02. The first-order valence-corrected chi connectivity index (χ1v) is 5.71.